The van der Waals surface area contributed by atoms with E-state index in [0.717, 1.165) is 18.9 Å². The molecule has 2 saturated heterocycles. The Morgan fingerprint density at radius 3 is 2.43 bits per heavy atom. The van der Waals surface area contributed by atoms with Gasteiger partial charge in [0.15, 0.2) is 0 Å². The maximum Gasteiger partial charge on any atom is 0.417 e. The second kappa shape index (κ2) is 5.28. The number of amides is 1. The number of carbonyl (C=O) groups is 1. The first-order valence-corrected chi connectivity index (χ1v) is 7.45. The van der Waals surface area contributed by atoms with Crippen molar-refractivity contribution >= 4 is 21.8 Å². The monoisotopic (exact) mass is 363 g/mol. The van der Waals surface area contributed by atoms with E-state index < -0.39 is 11.7 Å². The SMILES string of the molecule is O=C(c1ccc(Br)c(C(F)(F)F)c1)N1CC2CCC(C1)O2. The van der Waals surface area contributed by atoms with Crippen LogP contribution in [-0.2, 0) is 10.9 Å². The topological polar surface area (TPSA) is 29.5 Å². The van der Waals surface area contributed by atoms with Gasteiger partial charge in [0.2, 0.25) is 0 Å². The minimum absolute atomic E-state index is 0.0187. The molecule has 3 rings (SSSR count). The highest BCUT2D eigenvalue weighted by Gasteiger charge is 2.37. The number of likely N-dealkylation sites (tertiary alicyclic amines) is 1. The van der Waals surface area contributed by atoms with E-state index in [1.807, 2.05) is 0 Å². The van der Waals surface area contributed by atoms with E-state index in [4.69, 9.17) is 4.74 Å². The van der Waals surface area contributed by atoms with E-state index in [-0.39, 0.29) is 28.2 Å². The summed E-state index contributed by atoms with van der Waals surface area (Å²) < 4.78 is 44.2. The van der Waals surface area contributed by atoms with Crippen LogP contribution in [0.3, 0.4) is 0 Å². The Morgan fingerprint density at radius 1 is 1.24 bits per heavy atom. The summed E-state index contributed by atoms with van der Waals surface area (Å²) in [6.45, 7) is 0.902. The summed E-state index contributed by atoms with van der Waals surface area (Å²) in [7, 11) is 0. The Morgan fingerprint density at radius 2 is 1.86 bits per heavy atom. The molecule has 2 unspecified atom stereocenters. The summed E-state index contributed by atoms with van der Waals surface area (Å²) >= 11 is 2.88. The van der Waals surface area contributed by atoms with Crippen LogP contribution in [0.2, 0.25) is 0 Å². The van der Waals surface area contributed by atoms with E-state index >= 15 is 0 Å². The third-order valence-electron chi connectivity index (χ3n) is 3.85. The molecule has 3 nitrogen and oxygen atoms in total. The molecule has 0 spiro atoms. The zero-order valence-corrected chi connectivity index (χ0v) is 12.6. The molecule has 2 heterocycles. The molecule has 0 saturated carbocycles. The summed E-state index contributed by atoms with van der Waals surface area (Å²) in [6.07, 6.45) is -2.64. The molecule has 0 radical (unpaired) electrons. The molecule has 0 aliphatic carbocycles. The number of nitrogens with zero attached hydrogens (tertiary/aromatic N) is 1. The van der Waals surface area contributed by atoms with Gasteiger partial charge in [-0.25, -0.2) is 0 Å². The van der Waals surface area contributed by atoms with Crippen molar-refractivity contribution in [2.24, 2.45) is 0 Å². The van der Waals surface area contributed by atoms with Crippen LogP contribution in [0.25, 0.3) is 0 Å². The fourth-order valence-electron chi connectivity index (χ4n) is 2.84. The molecule has 1 amide bonds. The molecule has 1 aromatic rings. The number of alkyl halides is 3. The second-order valence-electron chi connectivity index (χ2n) is 5.36. The highest BCUT2D eigenvalue weighted by Crippen LogP contribution is 2.36. The third kappa shape index (κ3) is 2.94. The molecular weight excluding hydrogens is 351 g/mol. The molecular formula is C14H13BrF3NO2. The van der Waals surface area contributed by atoms with Crippen LogP contribution in [0, 0.1) is 0 Å². The first-order chi connectivity index (χ1) is 9.84. The number of hydrogen-bond acceptors (Lipinski definition) is 2. The molecule has 2 bridgehead atoms. The average Bonchev–Trinajstić information content (AvgIpc) is 2.76. The van der Waals surface area contributed by atoms with Crippen molar-refractivity contribution in [3.8, 4) is 0 Å². The smallest absolute Gasteiger partial charge is 0.371 e. The number of carbonyl (C=O) groups excluding carboxylic acids is 1. The van der Waals surface area contributed by atoms with Crippen molar-refractivity contribution in [2.45, 2.75) is 31.2 Å². The quantitative estimate of drug-likeness (QED) is 0.764. The lowest BCUT2D eigenvalue weighted by Crippen LogP contribution is -2.45. The predicted octanol–water partition coefficient (Wildman–Crippen LogP) is 3.47. The average molecular weight is 364 g/mol. The van der Waals surface area contributed by atoms with Gasteiger partial charge in [0.1, 0.15) is 0 Å². The molecule has 21 heavy (non-hydrogen) atoms. The number of fused-ring (bicyclic) bond motifs is 2. The van der Waals surface area contributed by atoms with Crippen molar-refractivity contribution in [1.82, 2.24) is 4.90 Å². The van der Waals surface area contributed by atoms with Gasteiger partial charge in [0.25, 0.3) is 5.91 Å². The highest BCUT2D eigenvalue weighted by atomic mass is 79.9. The van der Waals surface area contributed by atoms with E-state index in [9.17, 15) is 18.0 Å². The fourth-order valence-corrected chi connectivity index (χ4v) is 3.31. The first kappa shape index (κ1) is 14.8. The third-order valence-corrected chi connectivity index (χ3v) is 4.54. The van der Waals surface area contributed by atoms with Gasteiger partial charge in [0.05, 0.1) is 17.8 Å². The van der Waals surface area contributed by atoms with Gasteiger partial charge >= 0.3 is 6.18 Å². The summed E-state index contributed by atoms with van der Waals surface area (Å²) in [6, 6.07) is 3.59. The van der Waals surface area contributed by atoms with Crippen LogP contribution in [0.4, 0.5) is 13.2 Å². The highest BCUT2D eigenvalue weighted by molar-refractivity contribution is 9.10. The largest absolute Gasteiger partial charge is 0.417 e. The van der Waals surface area contributed by atoms with Crippen LogP contribution in [-0.4, -0.2) is 36.1 Å². The van der Waals surface area contributed by atoms with Crippen LogP contribution >= 0.6 is 15.9 Å². The van der Waals surface area contributed by atoms with E-state index in [0.29, 0.717) is 13.1 Å². The van der Waals surface area contributed by atoms with Gasteiger partial charge in [0, 0.05) is 23.1 Å². The summed E-state index contributed by atoms with van der Waals surface area (Å²) in [5.74, 6) is -0.367. The molecule has 1 aromatic carbocycles. The number of benzene rings is 1. The Hall–Kier alpha value is -1.08. The van der Waals surface area contributed by atoms with Crippen LogP contribution in [0.1, 0.15) is 28.8 Å². The normalized spacial score (nSPS) is 25.2. The van der Waals surface area contributed by atoms with Crippen LogP contribution in [0.5, 0.6) is 0 Å². The van der Waals surface area contributed by atoms with Gasteiger partial charge in [-0.05, 0) is 31.0 Å². The van der Waals surface area contributed by atoms with Crippen molar-refractivity contribution in [3.05, 3.63) is 33.8 Å². The summed E-state index contributed by atoms with van der Waals surface area (Å²) in [5.41, 5.74) is -0.767. The first-order valence-electron chi connectivity index (χ1n) is 6.66. The zero-order valence-electron chi connectivity index (χ0n) is 11.0. The number of rotatable bonds is 1. The Kier molecular flexibility index (Phi) is 3.73. The molecule has 0 N–H and O–H groups in total. The van der Waals surface area contributed by atoms with Crippen molar-refractivity contribution in [1.29, 1.82) is 0 Å². The molecule has 2 aliphatic heterocycles. The minimum atomic E-state index is -4.49. The van der Waals surface area contributed by atoms with Crippen LogP contribution < -0.4 is 0 Å². The molecule has 2 atom stereocenters. The standard InChI is InChI=1S/C14H13BrF3NO2/c15-12-4-1-8(5-11(12)14(16,17)18)13(20)19-6-9-2-3-10(7-19)21-9/h1,4-5,9-10H,2-3,6-7H2. The second-order valence-corrected chi connectivity index (χ2v) is 6.21. The minimum Gasteiger partial charge on any atom is -0.371 e. The molecule has 0 aromatic heterocycles. The lowest BCUT2D eigenvalue weighted by Gasteiger charge is -2.32. The summed E-state index contributed by atoms with van der Waals surface area (Å²) in [5, 5.41) is 0. The maximum atomic E-state index is 12.9. The Balaban J connectivity index is 1.85. The van der Waals surface area contributed by atoms with Crippen LogP contribution in [0.15, 0.2) is 22.7 Å². The van der Waals surface area contributed by atoms with Crippen molar-refractivity contribution in [2.75, 3.05) is 13.1 Å². The van der Waals surface area contributed by atoms with Crippen molar-refractivity contribution < 1.29 is 22.7 Å². The molecule has 7 heteroatoms. The van der Waals surface area contributed by atoms with Gasteiger partial charge in [-0.3, -0.25) is 4.79 Å². The number of halogens is 4. The number of hydrogen-bond donors (Lipinski definition) is 0. The zero-order chi connectivity index (χ0) is 15.2. The van der Waals surface area contributed by atoms with Gasteiger partial charge in [-0.1, -0.05) is 15.9 Å². The maximum absolute atomic E-state index is 12.9. The number of morpholine rings is 1. The Bertz CT molecular complexity index is 564. The fraction of sp³-hybridized carbons (Fsp3) is 0.500. The van der Waals surface area contributed by atoms with E-state index in [1.54, 1.807) is 4.90 Å². The number of ether oxygens (including phenoxy) is 1. The lowest BCUT2D eigenvalue weighted by atomic mass is 10.1. The molecule has 2 aliphatic rings. The van der Waals surface area contributed by atoms with Crippen molar-refractivity contribution in [3.63, 3.8) is 0 Å². The van der Waals surface area contributed by atoms with E-state index in [1.165, 1.54) is 12.1 Å². The predicted molar refractivity (Wildman–Crippen MR) is 72.9 cm³/mol. The van der Waals surface area contributed by atoms with Gasteiger partial charge in [-0.15, -0.1) is 0 Å². The lowest BCUT2D eigenvalue weighted by molar-refractivity contribution is -0.138. The van der Waals surface area contributed by atoms with E-state index in [2.05, 4.69) is 15.9 Å². The Labute approximate surface area is 128 Å². The summed E-state index contributed by atoms with van der Waals surface area (Å²) in [4.78, 5) is 14.0. The molecule has 2 fully saturated rings. The van der Waals surface area contributed by atoms with Gasteiger partial charge in [-0.2, -0.15) is 13.2 Å². The van der Waals surface area contributed by atoms with Gasteiger partial charge < -0.3 is 9.64 Å². The molecule has 114 valence electrons.